The van der Waals surface area contributed by atoms with E-state index in [1.54, 1.807) is 17.1 Å². The molecule has 0 aliphatic heterocycles. The highest BCUT2D eigenvalue weighted by Crippen LogP contribution is 2.28. The predicted molar refractivity (Wildman–Crippen MR) is 98.9 cm³/mol. The molecular weight excluding hydrogens is 328 g/mol. The minimum absolute atomic E-state index is 0.577. The van der Waals surface area contributed by atoms with Gasteiger partial charge >= 0.3 is 0 Å². The molecule has 3 aromatic heterocycles. The lowest BCUT2D eigenvalue weighted by atomic mass is 10.2. The van der Waals surface area contributed by atoms with Gasteiger partial charge in [-0.15, -0.1) is 10.2 Å². The number of imidazole rings is 1. The molecule has 0 unspecified atom stereocenters. The highest BCUT2D eigenvalue weighted by atomic mass is 15.3. The van der Waals surface area contributed by atoms with Gasteiger partial charge in [0.15, 0.2) is 11.6 Å². The lowest BCUT2D eigenvalue weighted by molar-refractivity contribution is 0.568. The maximum Gasteiger partial charge on any atom is 0.169 e. The molecule has 0 spiro atoms. The van der Waals surface area contributed by atoms with E-state index < -0.39 is 0 Å². The summed E-state index contributed by atoms with van der Waals surface area (Å²) < 4.78 is 5.81. The van der Waals surface area contributed by atoms with Crippen LogP contribution in [0.4, 0.5) is 5.82 Å². The van der Waals surface area contributed by atoms with Gasteiger partial charge in [-0.1, -0.05) is 30.3 Å². The number of hydrogen-bond donors (Lipinski definition) is 1. The van der Waals surface area contributed by atoms with Gasteiger partial charge in [-0.05, 0) is 6.42 Å². The number of anilines is 1. The second-order valence-corrected chi connectivity index (χ2v) is 6.09. The van der Waals surface area contributed by atoms with E-state index in [-0.39, 0.29) is 0 Å². The Labute approximate surface area is 150 Å². The first-order valence-electron chi connectivity index (χ1n) is 8.46. The van der Waals surface area contributed by atoms with Gasteiger partial charge in [-0.25, -0.2) is 4.98 Å². The zero-order chi connectivity index (χ0) is 17.9. The third-order valence-corrected chi connectivity index (χ3v) is 4.37. The van der Waals surface area contributed by atoms with E-state index in [1.807, 2.05) is 49.9 Å². The number of nitrogens with zero attached hydrogens (tertiary/aromatic N) is 7. The summed E-state index contributed by atoms with van der Waals surface area (Å²) in [7, 11) is 1.82. The molecule has 0 saturated carbocycles. The van der Waals surface area contributed by atoms with Crippen LogP contribution in [0.15, 0.2) is 55.2 Å². The van der Waals surface area contributed by atoms with Crippen molar-refractivity contribution in [2.24, 2.45) is 7.05 Å². The summed E-state index contributed by atoms with van der Waals surface area (Å²) in [5.74, 6) is 2.14. The Kier molecular flexibility index (Phi) is 4.22. The van der Waals surface area contributed by atoms with Crippen molar-refractivity contribution in [2.45, 2.75) is 19.5 Å². The predicted octanol–water partition coefficient (Wildman–Crippen LogP) is 2.21. The van der Waals surface area contributed by atoms with E-state index in [9.17, 15) is 0 Å². The highest BCUT2D eigenvalue weighted by molar-refractivity contribution is 5.70. The maximum absolute atomic E-state index is 6.16. The standard InChI is InChI=1S/C18H20N8/c1-24-16(19)15(12-21-24)18-23-22-17(14-6-3-2-4-7-14)26(18)10-5-9-25-11-8-20-13-25/h2-4,6-8,11-13H,5,9-10,19H2,1H3. The van der Waals surface area contributed by atoms with Crippen LogP contribution < -0.4 is 5.73 Å². The van der Waals surface area contributed by atoms with Crippen molar-refractivity contribution in [3.05, 3.63) is 55.2 Å². The largest absolute Gasteiger partial charge is 0.383 e. The summed E-state index contributed by atoms with van der Waals surface area (Å²) >= 11 is 0. The molecule has 2 N–H and O–H groups in total. The van der Waals surface area contributed by atoms with Crippen molar-refractivity contribution in [1.82, 2.24) is 34.1 Å². The van der Waals surface area contributed by atoms with Crippen LogP contribution in [0.25, 0.3) is 22.8 Å². The van der Waals surface area contributed by atoms with Gasteiger partial charge in [-0.2, -0.15) is 5.10 Å². The molecule has 0 radical (unpaired) electrons. The summed E-state index contributed by atoms with van der Waals surface area (Å²) in [5, 5.41) is 13.1. The van der Waals surface area contributed by atoms with E-state index >= 15 is 0 Å². The third-order valence-electron chi connectivity index (χ3n) is 4.37. The smallest absolute Gasteiger partial charge is 0.169 e. The van der Waals surface area contributed by atoms with Gasteiger partial charge in [0, 0.05) is 38.1 Å². The second-order valence-electron chi connectivity index (χ2n) is 6.09. The minimum Gasteiger partial charge on any atom is -0.383 e. The fourth-order valence-electron chi connectivity index (χ4n) is 2.96. The van der Waals surface area contributed by atoms with Crippen LogP contribution in [-0.2, 0) is 20.1 Å². The van der Waals surface area contributed by atoms with Crippen LogP contribution in [0.5, 0.6) is 0 Å². The number of aryl methyl sites for hydroxylation is 2. The van der Waals surface area contributed by atoms with Crippen LogP contribution in [0, 0.1) is 0 Å². The van der Waals surface area contributed by atoms with Gasteiger partial charge in [0.05, 0.1) is 18.1 Å². The number of nitrogen functional groups attached to an aromatic ring is 1. The SMILES string of the molecule is Cn1ncc(-c2nnc(-c3ccccc3)n2CCCn2ccnc2)c1N. The molecule has 0 aliphatic rings. The Balaban J connectivity index is 1.69. The van der Waals surface area contributed by atoms with Gasteiger partial charge in [-0.3, -0.25) is 4.68 Å². The molecule has 3 heterocycles. The molecule has 1 aromatic carbocycles. The van der Waals surface area contributed by atoms with E-state index in [2.05, 4.69) is 29.4 Å². The Morgan fingerprint density at radius 3 is 2.54 bits per heavy atom. The second kappa shape index (κ2) is 6.83. The average molecular weight is 348 g/mol. The molecular formula is C18H20N8. The highest BCUT2D eigenvalue weighted by Gasteiger charge is 2.19. The summed E-state index contributed by atoms with van der Waals surface area (Å²) in [4.78, 5) is 4.09. The Morgan fingerprint density at radius 1 is 1.04 bits per heavy atom. The summed E-state index contributed by atoms with van der Waals surface area (Å²) in [6.07, 6.45) is 8.23. The molecule has 0 saturated heterocycles. The number of nitrogens with two attached hydrogens (primary N) is 1. The zero-order valence-electron chi connectivity index (χ0n) is 14.5. The quantitative estimate of drug-likeness (QED) is 0.577. The first-order valence-corrected chi connectivity index (χ1v) is 8.46. The molecule has 8 heteroatoms. The van der Waals surface area contributed by atoms with E-state index in [4.69, 9.17) is 5.73 Å². The summed E-state index contributed by atoms with van der Waals surface area (Å²) in [6, 6.07) is 10.1. The van der Waals surface area contributed by atoms with Crippen molar-refractivity contribution < 1.29 is 0 Å². The van der Waals surface area contributed by atoms with Crippen molar-refractivity contribution in [3.8, 4) is 22.8 Å². The lowest BCUT2D eigenvalue weighted by Gasteiger charge is -2.11. The Bertz CT molecular complexity index is 982. The van der Waals surface area contributed by atoms with Crippen LogP contribution in [0.1, 0.15) is 6.42 Å². The molecule has 0 aliphatic carbocycles. The number of aromatic nitrogens is 7. The molecule has 8 nitrogen and oxygen atoms in total. The minimum atomic E-state index is 0.577. The van der Waals surface area contributed by atoms with Crippen LogP contribution in [0.3, 0.4) is 0 Å². The van der Waals surface area contributed by atoms with Crippen LogP contribution >= 0.6 is 0 Å². The Hall–Kier alpha value is -3.42. The molecule has 0 fully saturated rings. The first kappa shape index (κ1) is 16.1. The fourth-order valence-corrected chi connectivity index (χ4v) is 2.96. The number of benzene rings is 1. The average Bonchev–Trinajstić information content (AvgIpc) is 3.39. The zero-order valence-corrected chi connectivity index (χ0v) is 14.5. The Morgan fingerprint density at radius 2 is 1.85 bits per heavy atom. The van der Waals surface area contributed by atoms with Gasteiger partial charge in [0.2, 0.25) is 0 Å². The van der Waals surface area contributed by atoms with Crippen LogP contribution in [0.2, 0.25) is 0 Å². The van der Waals surface area contributed by atoms with Crippen molar-refractivity contribution in [3.63, 3.8) is 0 Å². The van der Waals surface area contributed by atoms with Crippen LogP contribution in [-0.4, -0.2) is 34.1 Å². The molecule has 4 aromatic rings. The van der Waals surface area contributed by atoms with Crippen molar-refractivity contribution in [2.75, 3.05) is 5.73 Å². The van der Waals surface area contributed by atoms with E-state index in [0.29, 0.717) is 5.82 Å². The maximum atomic E-state index is 6.16. The first-order chi connectivity index (χ1) is 12.7. The molecule has 132 valence electrons. The topological polar surface area (TPSA) is 92.4 Å². The normalized spacial score (nSPS) is 11.1. The molecule has 0 atom stereocenters. The monoisotopic (exact) mass is 348 g/mol. The number of rotatable bonds is 6. The molecule has 0 amide bonds. The number of hydrogen-bond acceptors (Lipinski definition) is 5. The van der Waals surface area contributed by atoms with Gasteiger partial charge in [0.1, 0.15) is 5.82 Å². The van der Waals surface area contributed by atoms with Gasteiger partial charge in [0.25, 0.3) is 0 Å². The fraction of sp³-hybridized carbons (Fsp3) is 0.222. The lowest BCUT2D eigenvalue weighted by Crippen LogP contribution is -2.07. The van der Waals surface area contributed by atoms with E-state index in [1.165, 1.54) is 0 Å². The summed E-state index contributed by atoms with van der Waals surface area (Å²) in [6.45, 7) is 1.63. The van der Waals surface area contributed by atoms with Gasteiger partial charge < -0.3 is 14.9 Å². The van der Waals surface area contributed by atoms with Crippen molar-refractivity contribution in [1.29, 1.82) is 0 Å². The third kappa shape index (κ3) is 2.97. The van der Waals surface area contributed by atoms with Crippen molar-refractivity contribution >= 4 is 5.82 Å². The molecule has 26 heavy (non-hydrogen) atoms. The molecule has 4 rings (SSSR count). The molecule has 0 bridgehead atoms. The summed E-state index contributed by atoms with van der Waals surface area (Å²) in [5.41, 5.74) is 7.98. The van der Waals surface area contributed by atoms with E-state index in [0.717, 1.165) is 42.3 Å².